The Morgan fingerprint density at radius 1 is 1.00 bits per heavy atom. The van der Waals surface area contributed by atoms with Crippen LogP contribution in [0.5, 0.6) is 0 Å². The molecule has 0 spiro atoms. The van der Waals surface area contributed by atoms with Crippen molar-refractivity contribution in [1.82, 2.24) is 4.98 Å². The maximum Gasteiger partial charge on any atom is 0.334 e. The number of hydrogen-bond acceptors (Lipinski definition) is 6. The molecule has 0 aliphatic heterocycles. The van der Waals surface area contributed by atoms with Crippen molar-refractivity contribution < 1.29 is 18.4 Å². The summed E-state index contributed by atoms with van der Waals surface area (Å²) >= 11 is 1.64. The first-order valence-electron chi connectivity index (χ1n) is 15.6. The minimum atomic E-state index is -2.08. The molecule has 3 atom stereocenters. The van der Waals surface area contributed by atoms with Gasteiger partial charge in [0.2, 0.25) is 0 Å². The first-order valence-corrected chi connectivity index (χ1v) is 22.3. The third-order valence-corrected chi connectivity index (χ3v) is 19.0. The molecule has 0 N–H and O–H groups in total. The van der Waals surface area contributed by atoms with Crippen LogP contribution in [0, 0.1) is 0 Å². The quantitative estimate of drug-likeness (QED) is 0.0568. The van der Waals surface area contributed by atoms with Gasteiger partial charge in [-0.3, -0.25) is 0 Å². The van der Waals surface area contributed by atoms with Gasteiger partial charge in [0.1, 0.15) is 0 Å². The zero-order valence-electron chi connectivity index (χ0n) is 28.6. The standard InChI is InChI=1S/C33H61NO4SSi2/c1-15-18-19-20-21-26(31(35)36-17-3)22-27-24-39-30(34-27)25(4)29(38-41(13,14)33(8,9)10)23-28(16-2)37-40(11,12)32(5,6)7/h16,22,24-25,28-29H,2,15,17-21,23H2,1,3-14H3/b26-22+/t25-,28-,29+/m1/s1. The zero-order valence-corrected chi connectivity index (χ0v) is 31.4. The topological polar surface area (TPSA) is 57.7 Å². The Morgan fingerprint density at radius 3 is 2.10 bits per heavy atom. The van der Waals surface area contributed by atoms with Gasteiger partial charge in [0.05, 0.1) is 29.5 Å². The predicted octanol–water partition coefficient (Wildman–Crippen LogP) is 10.5. The number of nitrogens with zero attached hydrogens (tertiary/aromatic N) is 1. The van der Waals surface area contributed by atoms with Gasteiger partial charge in [0.15, 0.2) is 16.6 Å². The summed E-state index contributed by atoms with van der Waals surface area (Å²) < 4.78 is 19.3. The van der Waals surface area contributed by atoms with Crippen molar-refractivity contribution >= 4 is 40.0 Å². The second-order valence-corrected chi connectivity index (χ2v) is 24.8. The van der Waals surface area contributed by atoms with E-state index in [0.717, 1.165) is 36.4 Å². The van der Waals surface area contributed by atoms with Crippen molar-refractivity contribution in [2.45, 2.75) is 155 Å². The summed E-state index contributed by atoms with van der Waals surface area (Å²) in [7, 11) is -4.07. The Kier molecular flexibility index (Phi) is 14.9. The van der Waals surface area contributed by atoms with E-state index in [4.69, 9.17) is 18.6 Å². The molecule has 0 saturated heterocycles. The van der Waals surface area contributed by atoms with Crippen molar-refractivity contribution in [3.05, 3.63) is 34.3 Å². The maximum atomic E-state index is 12.7. The minimum Gasteiger partial charge on any atom is -0.463 e. The largest absolute Gasteiger partial charge is 0.463 e. The minimum absolute atomic E-state index is 0.0646. The van der Waals surface area contributed by atoms with Crippen LogP contribution in [0.3, 0.4) is 0 Å². The van der Waals surface area contributed by atoms with E-state index in [1.165, 1.54) is 6.42 Å². The van der Waals surface area contributed by atoms with Crippen molar-refractivity contribution in [2.24, 2.45) is 0 Å². The van der Waals surface area contributed by atoms with Crippen LogP contribution in [0.15, 0.2) is 23.6 Å². The molecule has 0 bridgehead atoms. The molecule has 1 heterocycles. The van der Waals surface area contributed by atoms with Gasteiger partial charge in [0.25, 0.3) is 0 Å². The van der Waals surface area contributed by atoms with Gasteiger partial charge < -0.3 is 13.6 Å². The van der Waals surface area contributed by atoms with E-state index in [1.54, 1.807) is 11.3 Å². The molecule has 1 aromatic rings. The normalized spacial score (nSPS) is 15.9. The zero-order chi connectivity index (χ0) is 31.6. The maximum absolute atomic E-state index is 12.7. The van der Waals surface area contributed by atoms with E-state index < -0.39 is 16.6 Å². The lowest BCUT2D eigenvalue weighted by Crippen LogP contribution is -2.48. The number of thiazole rings is 1. The van der Waals surface area contributed by atoms with Gasteiger partial charge in [-0.1, -0.05) is 80.7 Å². The molecule has 1 rings (SSSR count). The van der Waals surface area contributed by atoms with Gasteiger partial charge >= 0.3 is 5.97 Å². The van der Waals surface area contributed by atoms with Crippen LogP contribution in [0.1, 0.15) is 117 Å². The second kappa shape index (κ2) is 16.1. The number of aromatic nitrogens is 1. The number of carbonyl (C=O) groups excluding carboxylic acids is 1. The Hall–Kier alpha value is -1.07. The fourth-order valence-corrected chi connectivity index (χ4v) is 7.60. The molecule has 0 aliphatic rings. The van der Waals surface area contributed by atoms with Crippen LogP contribution in [0.25, 0.3) is 6.08 Å². The first kappa shape index (κ1) is 38.0. The van der Waals surface area contributed by atoms with Gasteiger partial charge in [-0.25, -0.2) is 9.78 Å². The van der Waals surface area contributed by atoms with Crippen LogP contribution >= 0.6 is 11.3 Å². The van der Waals surface area contributed by atoms with E-state index in [1.807, 2.05) is 19.1 Å². The Morgan fingerprint density at radius 2 is 1.59 bits per heavy atom. The van der Waals surface area contributed by atoms with Crippen molar-refractivity contribution in [3.8, 4) is 0 Å². The van der Waals surface area contributed by atoms with E-state index >= 15 is 0 Å². The van der Waals surface area contributed by atoms with Crippen LogP contribution in [-0.2, 0) is 18.4 Å². The summed E-state index contributed by atoms with van der Waals surface area (Å²) in [5.74, 6) is -0.167. The summed E-state index contributed by atoms with van der Waals surface area (Å²) in [5.41, 5.74) is 1.52. The van der Waals surface area contributed by atoms with Gasteiger partial charge in [-0.15, -0.1) is 17.9 Å². The highest BCUT2D eigenvalue weighted by Gasteiger charge is 2.43. The van der Waals surface area contributed by atoms with E-state index in [9.17, 15) is 4.79 Å². The lowest BCUT2D eigenvalue weighted by atomic mass is 10.00. The van der Waals surface area contributed by atoms with E-state index in [-0.39, 0.29) is 34.2 Å². The lowest BCUT2D eigenvalue weighted by molar-refractivity contribution is -0.138. The van der Waals surface area contributed by atoms with Crippen molar-refractivity contribution in [2.75, 3.05) is 6.61 Å². The SMILES string of the molecule is C=C[C@H](C[C@H](O[Si](C)(C)C(C)(C)C)[C@@H](C)c1nc(/C=C(\CCCCCC)C(=O)OCC)cs1)O[Si](C)(C)C(C)(C)C. The highest BCUT2D eigenvalue weighted by Crippen LogP contribution is 2.42. The second-order valence-electron chi connectivity index (χ2n) is 14.4. The number of unbranched alkanes of at least 4 members (excludes halogenated alkanes) is 3. The number of hydrogen-bond donors (Lipinski definition) is 0. The van der Waals surface area contributed by atoms with Gasteiger partial charge in [0, 0.05) is 23.3 Å². The first-order chi connectivity index (χ1) is 18.8. The smallest absolute Gasteiger partial charge is 0.334 e. The third kappa shape index (κ3) is 11.9. The fourth-order valence-electron chi connectivity index (χ4n) is 4.00. The fraction of sp³-hybridized carbons (Fsp3) is 0.758. The number of esters is 1. The molecular weight excluding hydrogens is 563 g/mol. The molecule has 0 amide bonds. The molecule has 5 nitrogen and oxygen atoms in total. The molecule has 0 fully saturated rings. The van der Waals surface area contributed by atoms with Crippen LogP contribution in [0.4, 0.5) is 0 Å². The molecule has 0 saturated carbocycles. The summed E-state index contributed by atoms with van der Waals surface area (Å²) in [6, 6.07) is 0. The van der Waals surface area contributed by atoms with Crippen LogP contribution in [0.2, 0.25) is 36.3 Å². The molecular formula is C33H61NO4SSi2. The average Bonchev–Trinajstić information content (AvgIpc) is 3.31. The molecule has 0 unspecified atom stereocenters. The summed E-state index contributed by atoms with van der Waals surface area (Å²) in [6.45, 7) is 33.6. The number of ether oxygens (including phenoxy) is 1. The number of rotatable bonds is 17. The molecule has 8 heteroatoms. The average molecular weight is 624 g/mol. The molecule has 0 aliphatic carbocycles. The summed E-state index contributed by atoms with van der Waals surface area (Å²) in [4.78, 5) is 17.7. The van der Waals surface area contributed by atoms with Gasteiger partial charge in [-0.05, 0) is 62.1 Å². The lowest BCUT2D eigenvalue weighted by Gasteiger charge is -2.43. The third-order valence-electron chi connectivity index (χ3n) is 8.88. The predicted molar refractivity (Wildman–Crippen MR) is 183 cm³/mol. The van der Waals surface area contributed by atoms with Crippen molar-refractivity contribution in [1.29, 1.82) is 0 Å². The highest BCUT2D eigenvalue weighted by atomic mass is 32.1. The summed E-state index contributed by atoms with van der Waals surface area (Å²) in [5, 5.41) is 3.26. The Balaban J connectivity index is 3.35. The van der Waals surface area contributed by atoms with E-state index in [0.29, 0.717) is 18.6 Å². The molecule has 0 aromatic carbocycles. The van der Waals surface area contributed by atoms with Crippen LogP contribution in [-0.4, -0.2) is 46.4 Å². The summed E-state index contributed by atoms with van der Waals surface area (Å²) in [6.07, 6.45) is 9.60. The molecule has 236 valence electrons. The van der Waals surface area contributed by atoms with E-state index in [2.05, 4.69) is 93.5 Å². The van der Waals surface area contributed by atoms with Crippen molar-refractivity contribution in [3.63, 3.8) is 0 Å². The Labute approximate surface area is 258 Å². The highest BCUT2D eigenvalue weighted by molar-refractivity contribution is 7.09. The number of carbonyl (C=O) groups is 1. The van der Waals surface area contributed by atoms with Crippen LogP contribution < -0.4 is 0 Å². The molecule has 41 heavy (non-hydrogen) atoms. The van der Waals surface area contributed by atoms with Gasteiger partial charge in [-0.2, -0.15) is 0 Å². The Bertz CT molecular complexity index is 988. The monoisotopic (exact) mass is 623 g/mol. The molecule has 0 radical (unpaired) electrons. The molecule has 1 aromatic heterocycles.